The maximum Gasteiger partial charge on any atom is 0.217 e. The van der Waals surface area contributed by atoms with Gasteiger partial charge in [0, 0.05) is 12.5 Å². The molecule has 0 aliphatic heterocycles. The highest BCUT2D eigenvalue weighted by Gasteiger charge is 2.43. The summed E-state index contributed by atoms with van der Waals surface area (Å²) in [6.45, 7) is 24.7. The molecular formula is C26H47NO4Si2. The van der Waals surface area contributed by atoms with Crippen molar-refractivity contribution >= 4 is 28.8 Å². The predicted molar refractivity (Wildman–Crippen MR) is 143 cm³/mol. The van der Waals surface area contributed by atoms with Gasteiger partial charge in [-0.25, -0.2) is 0 Å². The van der Waals surface area contributed by atoms with E-state index in [1.54, 1.807) is 6.92 Å². The van der Waals surface area contributed by atoms with Crippen LogP contribution in [0.4, 0.5) is 0 Å². The molecule has 188 valence electrons. The second kappa shape index (κ2) is 11.0. The molecule has 1 amide bonds. The van der Waals surface area contributed by atoms with Crippen LogP contribution in [0.15, 0.2) is 24.3 Å². The summed E-state index contributed by atoms with van der Waals surface area (Å²) in [7, 11) is -4.06. The van der Waals surface area contributed by atoms with Crippen molar-refractivity contribution in [3.8, 4) is 0 Å². The molecular weight excluding hydrogens is 446 g/mol. The quantitative estimate of drug-likeness (QED) is 0.288. The smallest absolute Gasteiger partial charge is 0.217 e. The molecule has 0 heterocycles. The first-order chi connectivity index (χ1) is 14.8. The number of carbonyl (C=O) groups is 2. The third-order valence-corrected chi connectivity index (χ3v) is 16.4. The Kier molecular flexibility index (Phi) is 9.89. The minimum Gasteiger partial charge on any atom is -0.414 e. The van der Waals surface area contributed by atoms with Gasteiger partial charge in [-0.15, -0.1) is 0 Å². The van der Waals surface area contributed by atoms with Crippen LogP contribution in [0, 0.1) is 0 Å². The van der Waals surface area contributed by atoms with E-state index in [2.05, 4.69) is 73.0 Å². The molecule has 0 atom stereocenters. The lowest BCUT2D eigenvalue weighted by Gasteiger charge is -2.44. The average Bonchev–Trinajstić information content (AvgIpc) is 2.67. The van der Waals surface area contributed by atoms with Gasteiger partial charge in [-0.05, 0) is 54.7 Å². The first-order valence-corrected chi connectivity index (χ1v) is 17.8. The highest BCUT2D eigenvalue weighted by Crippen LogP contribution is 2.39. The molecule has 0 aliphatic carbocycles. The number of aryl methyl sites for hydroxylation is 1. The van der Waals surface area contributed by atoms with Crippen LogP contribution >= 0.6 is 0 Å². The van der Waals surface area contributed by atoms with Crippen molar-refractivity contribution in [1.29, 1.82) is 0 Å². The van der Waals surface area contributed by atoms with Gasteiger partial charge in [0.1, 0.15) is 6.29 Å². The summed E-state index contributed by atoms with van der Waals surface area (Å²) in [6, 6.07) is 7.62. The largest absolute Gasteiger partial charge is 0.414 e. The highest BCUT2D eigenvalue weighted by atomic mass is 28.4. The van der Waals surface area contributed by atoms with E-state index in [0.717, 1.165) is 18.3 Å². The summed E-state index contributed by atoms with van der Waals surface area (Å²) in [6.07, 6.45) is 2.29. The van der Waals surface area contributed by atoms with Crippen LogP contribution in [-0.2, 0) is 20.1 Å². The lowest BCUT2D eigenvalue weighted by atomic mass is 9.92. The normalized spacial score (nSPS) is 13.7. The molecule has 1 rings (SSSR count). The lowest BCUT2D eigenvalue weighted by Crippen LogP contribution is -2.59. The number of benzene rings is 1. The van der Waals surface area contributed by atoms with Crippen LogP contribution in [0.1, 0.15) is 70.8 Å². The zero-order chi connectivity index (χ0) is 25.7. The Morgan fingerprint density at radius 1 is 0.879 bits per heavy atom. The van der Waals surface area contributed by atoms with Crippen LogP contribution in [0.25, 0.3) is 0 Å². The molecule has 0 spiro atoms. The number of hydrogen-bond donors (Lipinski definition) is 1. The lowest BCUT2D eigenvalue weighted by molar-refractivity contribution is -0.122. The van der Waals surface area contributed by atoms with Crippen LogP contribution in [0.3, 0.4) is 0 Å². The van der Waals surface area contributed by atoms with E-state index in [4.69, 9.17) is 8.85 Å². The summed E-state index contributed by atoms with van der Waals surface area (Å²) in [5, 5.41) is 3.37. The third-order valence-electron chi connectivity index (χ3n) is 7.48. The maximum absolute atomic E-state index is 12.4. The van der Waals surface area contributed by atoms with E-state index < -0.39 is 22.2 Å². The van der Waals surface area contributed by atoms with Crippen molar-refractivity contribution in [2.75, 3.05) is 13.2 Å². The topological polar surface area (TPSA) is 64.6 Å². The molecule has 7 heteroatoms. The zero-order valence-electron chi connectivity index (χ0n) is 22.8. The number of hydrogen-bond acceptors (Lipinski definition) is 4. The molecule has 33 heavy (non-hydrogen) atoms. The summed E-state index contributed by atoms with van der Waals surface area (Å²) < 4.78 is 13.3. The van der Waals surface area contributed by atoms with Crippen LogP contribution in [0.2, 0.25) is 36.3 Å². The van der Waals surface area contributed by atoms with E-state index in [-0.39, 0.29) is 16.0 Å². The Balaban J connectivity index is 3.25. The molecule has 0 fully saturated rings. The summed E-state index contributed by atoms with van der Waals surface area (Å²) in [5.41, 5.74) is 1.16. The van der Waals surface area contributed by atoms with Gasteiger partial charge in [0.05, 0.1) is 18.8 Å². The van der Waals surface area contributed by atoms with Crippen LogP contribution in [0.5, 0.6) is 0 Å². The summed E-state index contributed by atoms with van der Waals surface area (Å²) >= 11 is 0. The number of aldehydes is 1. The second-order valence-electron chi connectivity index (χ2n) is 12.4. The first kappa shape index (κ1) is 29.7. The van der Waals surface area contributed by atoms with Crippen molar-refractivity contribution in [3.05, 3.63) is 35.4 Å². The predicted octanol–water partition coefficient (Wildman–Crippen LogP) is 6.35. The molecule has 0 unspecified atom stereocenters. The number of nitrogens with one attached hydrogen (secondary N) is 1. The fraction of sp³-hybridized carbons (Fsp3) is 0.692. The van der Waals surface area contributed by atoms with Crippen molar-refractivity contribution in [2.24, 2.45) is 0 Å². The molecule has 0 saturated heterocycles. The van der Waals surface area contributed by atoms with E-state index in [1.807, 2.05) is 24.3 Å². The van der Waals surface area contributed by atoms with Gasteiger partial charge in [0.25, 0.3) is 0 Å². The average molecular weight is 494 g/mol. The number of rotatable bonds is 11. The fourth-order valence-corrected chi connectivity index (χ4v) is 5.05. The monoisotopic (exact) mass is 493 g/mol. The van der Waals surface area contributed by atoms with E-state index in [1.165, 1.54) is 0 Å². The summed E-state index contributed by atoms with van der Waals surface area (Å²) in [4.78, 5) is 23.4. The van der Waals surface area contributed by atoms with Crippen LogP contribution < -0.4 is 5.32 Å². The molecule has 0 aliphatic rings. The second-order valence-corrected chi connectivity index (χ2v) is 22.0. The Morgan fingerprint density at radius 3 is 1.64 bits per heavy atom. The SMILES string of the molecule is CC(=O)NC(CCc1ccc(C=O)cc1)(CO[Si](C)(C)C(C)(C)C)CO[Si](C)(C)C(C)(C)C. The highest BCUT2D eigenvalue weighted by molar-refractivity contribution is 6.74. The van der Waals surface area contributed by atoms with E-state index in [0.29, 0.717) is 25.2 Å². The van der Waals surface area contributed by atoms with Gasteiger partial charge in [0.2, 0.25) is 5.91 Å². The van der Waals surface area contributed by atoms with Crippen LogP contribution in [-0.4, -0.2) is 47.6 Å². The Hall–Kier alpha value is -1.29. The fourth-order valence-electron chi connectivity index (χ4n) is 2.91. The minimum absolute atomic E-state index is 0.0694. The van der Waals surface area contributed by atoms with Gasteiger partial charge < -0.3 is 14.2 Å². The first-order valence-electron chi connectivity index (χ1n) is 11.9. The molecule has 1 aromatic rings. The standard InChI is InChI=1S/C26H47NO4Si2/c1-21(29)27-26(19-30-32(8,9)24(2,3)4,20-31-33(10,11)25(5,6)7)17-16-22-12-14-23(18-28)15-13-22/h12-15,18H,16-17,19-20H2,1-11H3,(H,27,29). The van der Waals surface area contributed by atoms with Gasteiger partial charge in [0.15, 0.2) is 16.6 Å². The van der Waals surface area contributed by atoms with E-state index in [9.17, 15) is 9.59 Å². The molecule has 0 saturated carbocycles. The third kappa shape index (κ3) is 8.78. The minimum atomic E-state index is -2.03. The van der Waals surface area contributed by atoms with Crippen molar-refractivity contribution in [2.45, 2.75) is 103 Å². The van der Waals surface area contributed by atoms with Gasteiger partial charge in [-0.2, -0.15) is 0 Å². The van der Waals surface area contributed by atoms with Crippen molar-refractivity contribution in [3.63, 3.8) is 0 Å². The Labute approximate surface area is 204 Å². The van der Waals surface area contributed by atoms with E-state index >= 15 is 0 Å². The molecule has 0 radical (unpaired) electrons. The summed E-state index contributed by atoms with van der Waals surface area (Å²) in [5.74, 6) is -0.0797. The van der Waals surface area contributed by atoms with Gasteiger partial charge in [-0.1, -0.05) is 65.8 Å². The van der Waals surface area contributed by atoms with Crippen molar-refractivity contribution in [1.82, 2.24) is 5.32 Å². The van der Waals surface area contributed by atoms with Gasteiger partial charge in [-0.3, -0.25) is 9.59 Å². The Morgan fingerprint density at radius 2 is 1.30 bits per heavy atom. The zero-order valence-corrected chi connectivity index (χ0v) is 24.8. The maximum atomic E-state index is 12.4. The molecule has 1 N–H and O–H groups in total. The Bertz CT molecular complexity index is 760. The molecule has 5 nitrogen and oxygen atoms in total. The number of amides is 1. The molecule has 0 bridgehead atoms. The van der Waals surface area contributed by atoms with Crippen molar-refractivity contribution < 1.29 is 18.4 Å². The molecule has 1 aromatic carbocycles. The molecule has 0 aromatic heterocycles. The van der Waals surface area contributed by atoms with Gasteiger partial charge >= 0.3 is 0 Å². The number of carbonyl (C=O) groups excluding carboxylic acids is 2.